The molecule has 0 saturated heterocycles. The van der Waals surface area contributed by atoms with E-state index in [0.717, 1.165) is 24.8 Å². The predicted molar refractivity (Wildman–Crippen MR) is 85.8 cm³/mol. The van der Waals surface area contributed by atoms with Crippen molar-refractivity contribution in [1.82, 2.24) is 0 Å². The molecule has 0 heterocycles. The zero-order chi connectivity index (χ0) is 15.7. The Balaban J connectivity index is 2.10. The normalized spacial score (nSPS) is 12.1. The zero-order valence-corrected chi connectivity index (χ0v) is 13.7. The highest BCUT2D eigenvalue weighted by Crippen LogP contribution is 2.29. The molecule has 0 unspecified atom stereocenters. The fourth-order valence-electron chi connectivity index (χ4n) is 2.14. The van der Waals surface area contributed by atoms with Crippen LogP contribution in [0.15, 0.2) is 24.3 Å². The standard InChI is InChI=1S/C17H25F3S/c1-14(2)21-13-7-5-3-4-6-8-15-9-11-16(12-10-15)17(18,19)20/h9-12,14H,3-8,13H2,1-2H3. The molecule has 0 spiro atoms. The van der Waals surface area contributed by atoms with Crippen LogP contribution in [-0.4, -0.2) is 11.0 Å². The minimum absolute atomic E-state index is 0.561. The molecular weight excluding hydrogens is 293 g/mol. The van der Waals surface area contributed by atoms with Crippen molar-refractivity contribution in [2.24, 2.45) is 0 Å². The van der Waals surface area contributed by atoms with Crippen molar-refractivity contribution in [2.75, 3.05) is 5.75 Å². The van der Waals surface area contributed by atoms with Gasteiger partial charge in [-0.25, -0.2) is 0 Å². The van der Waals surface area contributed by atoms with Crippen molar-refractivity contribution in [3.63, 3.8) is 0 Å². The van der Waals surface area contributed by atoms with Gasteiger partial charge in [0.25, 0.3) is 0 Å². The summed E-state index contributed by atoms with van der Waals surface area (Å²) in [7, 11) is 0. The van der Waals surface area contributed by atoms with Crippen molar-refractivity contribution in [3.05, 3.63) is 35.4 Å². The van der Waals surface area contributed by atoms with E-state index in [4.69, 9.17) is 0 Å². The SMILES string of the molecule is CC(C)SCCCCCCCc1ccc(C(F)(F)F)cc1. The van der Waals surface area contributed by atoms with E-state index in [0.29, 0.717) is 5.25 Å². The third-order valence-electron chi connectivity index (χ3n) is 3.34. The highest BCUT2D eigenvalue weighted by Gasteiger charge is 2.29. The smallest absolute Gasteiger partial charge is 0.166 e. The molecule has 1 rings (SSSR count). The van der Waals surface area contributed by atoms with Crippen LogP contribution in [0, 0.1) is 0 Å². The minimum atomic E-state index is -4.23. The molecule has 0 aliphatic rings. The second kappa shape index (κ2) is 9.39. The summed E-state index contributed by atoms with van der Waals surface area (Å²) in [4.78, 5) is 0. The van der Waals surface area contributed by atoms with Gasteiger partial charge in [0, 0.05) is 0 Å². The molecule has 0 aliphatic carbocycles. The first-order chi connectivity index (χ1) is 9.89. The van der Waals surface area contributed by atoms with E-state index in [1.54, 1.807) is 12.1 Å². The maximum atomic E-state index is 12.4. The molecule has 0 nitrogen and oxygen atoms in total. The first-order valence-electron chi connectivity index (χ1n) is 7.67. The van der Waals surface area contributed by atoms with Crippen molar-refractivity contribution in [1.29, 1.82) is 0 Å². The molecule has 1 aromatic carbocycles. The molecular formula is C17H25F3S. The van der Waals surface area contributed by atoms with Crippen LogP contribution in [0.25, 0.3) is 0 Å². The number of aryl methyl sites for hydroxylation is 1. The molecule has 0 bridgehead atoms. The molecule has 0 radical (unpaired) electrons. The van der Waals surface area contributed by atoms with E-state index in [1.807, 2.05) is 11.8 Å². The van der Waals surface area contributed by atoms with Gasteiger partial charge in [-0.15, -0.1) is 0 Å². The molecule has 4 heteroatoms. The van der Waals surface area contributed by atoms with Crippen molar-refractivity contribution >= 4 is 11.8 Å². The first kappa shape index (κ1) is 18.4. The van der Waals surface area contributed by atoms with E-state index >= 15 is 0 Å². The fraction of sp³-hybridized carbons (Fsp3) is 0.647. The molecule has 0 aliphatic heterocycles. The summed E-state index contributed by atoms with van der Waals surface area (Å²) < 4.78 is 37.3. The molecule has 0 aromatic heterocycles. The molecule has 0 amide bonds. The van der Waals surface area contributed by atoms with Gasteiger partial charge in [-0.1, -0.05) is 45.2 Å². The van der Waals surface area contributed by atoms with Gasteiger partial charge >= 0.3 is 6.18 Å². The lowest BCUT2D eigenvalue weighted by molar-refractivity contribution is -0.137. The van der Waals surface area contributed by atoms with Gasteiger partial charge in [-0.05, 0) is 48.0 Å². The number of halogens is 3. The van der Waals surface area contributed by atoms with Crippen LogP contribution in [0.4, 0.5) is 13.2 Å². The molecule has 21 heavy (non-hydrogen) atoms. The van der Waals surface area contributed by atoms with Crippen molar-refractivity contribution < 1.29 is 13.2 Å². The highest BCUT2D eigenvalue weighted by atomic mass is 32.2. The van der Waals surface area contributed by atoms with Crippen LogP contribution in [0.1, 0.15) is 57.1 Å². The Morgan fingerprint density at radius 3 is 2.05 bits per heavy atom. The second-order valence-electron chi connectivity index (χ2n) is 5.63. The summed E-state index contributed by atoms with van der Waals surface area (Å²) in [5, 5.41) is 0.713. The van der Waals surface area contributed by atoms with Crippen molar-refractivity contribution in [3.8, 4) is 0 Å². The molecule has 0 N–H and O–H groups in total. The number of hydrogen-bond acceptors (Lipinski definition) is 1. The van der Waals surface area contributed by atoms with E-state index in [9.17, 15) is 13.2 Å². The number of rotatable bonds is 9. The lowest BCUT2D eigenvalue weighted by Gasteiger charge is -2.08. The Hall–Kier alpha value is -0.640. The van der Waals surface area contributed by atoms with Gasteiger partial charge in [0.15, 0.2) is 0 Å². The summed E-state index contributed by atoms with van der Waals surface area (Å²) in [6.07, 6.45) is 2.61. The van der Waals surface area contributed by atoms with Crippen LogP contribution in [0.5, 0.6) is 0 Å². The lowest BCUT2D eigenvalue weighted by atomic mass is 10.0. The third kappa shape index (κ3) is 8.40. The number of benzene rings is 1. The quantitative estimate of drug-likeness (QED) is 0.479. The largest absolute Gasteiger partial charge is 0.416 e. The van der Waals surface area contributed by atoms with Gasteiger partial charge in [-0.3, -0.25) is 0 Å². The van der Waals surface area contributed by atoms with E-state index < -0.39 is 11.7 Å². The third-order valence-corrected chi connectivity index (χ3v) is 4.53. The molecule has 0 saturated carbocycles. The number of unbranched alkanes of at least 4 members (excludes halogenated alkanes) is 4. The molecule has 120 valence electrons. The summed E-state index contributed by atoms with van der Waals surface area (Å²) in [5.41, 5.74) is 0.437. The maximum Gasteiger partial charge on any atom is 0.416 e. The van der Waals surface area contributed by atoms with Gasteiger partial charge in [0.1, 0.15) is 0 Å². The Kier molecular flexibility index (Phi) is 8.23. The van der Waals surface area contributed by atoms with Gasteiger partial charge in [-0.2, -0.15) is 24.9 Å². The molecule has 0 fully saturated rings. The monoisotopic (exact) mass is 318 g/mol. The number of thioether (sulfide) groups is 1. The zero-order valence-electron chi connectivity index (χ0n) is 12.9. The van der Waals surface area contributed by atoms with E-state index in [-0.39, 0.29) is 0 Å². The minimum Gasteiger partial charge on any atom is -0.166 e. The van der Waals surface area contributed by atoms with Crippen molar-refractivity contribution in [2.45, 2.75) is 63.8 Å². The highest BCUT2D eigenvalue weighted by molar-refractivity contribution is 7.99. The Labute approximate surface area is 130 Å². The number of alkyl halides is 3. The number of hydrogen-bond donors (Lipinski definition) is 0. The summed E-state index contributed by atoms with van der Waals surface area (Å²) in [5.74, 6) is 1.23. The Morgan fingerprint density at radius 1 is 0.905 bits per heavy atom. The van der Waals surface area contributed by atoms with Crippen LogP contribution < -0.4 is 0 Å². The average Bonchev–Trinajstić information content (AvgIpc) is 2.41. The van der Waals surface area contributed by atoms with Crippen LogP contribution >= 0.6 is 11.8 Å². The summed E-state index contributed by atoms with van der Waals surface area (Å²) in [6, 6.07) is 5.56. The van der Waals surface area contributed by atoms with Crippen LogP contribution in [-0.2, 0) is 12.6 Å². The Bertz CT molecular complexity index is 382. The molecule has 0 atom stereocenters. The van der Waals surface area contributed by atoms with E-state index in [1.165, 1.54) is 37.1 Å². The topological polar surface area (TPSA) is 0 Å². The predicted octanol–water partition coefficient (Wildman–Crippen LogP) is 6.34. The van der Waals surface area contributed by atoms with Gasteiger partial charge in [0.2, 0.25) is 0 Å². The fourth-order valence-corrected chi connectivity index (χ4v) is 2.98. The van der Waals surface area contributed by atoms with Gasteiger partial charge in [0.05, 0.1) is 5.56 Å². The summed E-state index contributed by atoms with van der Waals surface area (Å²) in [6.45, 7) is 4.43. The summed E-state index contributed by atoms with van der Waals surface area (Å²) >= 11 is 2.00. The maximum absolute atomic E-state index is 12.4. The van der Waals surface area contributed by atoms with Crippen LogP contribution in [0.2, 0.25) is 0 Å². The second-order valence-corrected chi connectivity index (χ2v) is 7.32. The lowest BCUT2D eigenvalue weighted by Crippen LogP contribution is -2.04. The van der Waals surface area contributed by atoms with Crippen LogP contribution in [0.3, 0.4) is 0 Å². The van der Waals surface area contributed by atoms with Gasteiger partial charge < -0.3 is 0 Å². The first-order valence-corrected chi connectivity index (χ1v) is 8.72. The average molecular weight is 318 g/mol. The Morgan fingerprint density at radius 2 is 1.48 bits per heavy atom. The molecule has 1 aromatic rings. The van der Waals surface area contributed by atoms with E-state index in [2.05, 4.69) is 13.8 Å².